The SMILES string of the molecule is OC[C@@H]1[C@H]2CCC[C@@H]2C=C[C@@H]1COCc1ccccc1. The third kappa shape index (κ3) is 2.97. The molecule has 20 heavy (non-hydrogen) atoms. The lowest BCUT2D eigenvalue weighted by Gasteiger charge is -2.35. The van der Waals surface area contributed by atoms with E-state index in [4.69, 9.17) is 4.74 Å². The second-order valence-corrected chi connectivity index (χ2v) is 6.15. The molecule has 0 unspecified atom stereocenters. The van der Waals surface area contributed by atoms with Gasteiger partial charge in [0.05, 0.1) is 13.2 Å². The summed E-state index contributed by atoms with van der Waals surface area (Å²) in [6, 6.07) is 10.3. The standard InChI is InChI=1S/C18H24O2/c19-11-18-16(10-9-15-7-4-8-17(15)18)13-20-12-14-5-2-1-3-6-14/h1-3,5-6,9-10,15-19H,4,7-8,11-13H2/t15-,16-,17+,18+/m1/s1. The second-order valence-electron chi connectivity index (χ2n) is 6.15. The van der Waals surface area contributed by atoms with Crippen LogP contribution in [-0.4, -0.2) is 18.3 Å². The van der Waals surface area contributed by atoms with E-state index in [1.54, 1.807) is 0 Å². The van der Waals surface area contributed by atoms with E-state index in [0.717, 1.165) is 6.61 Å². The number of allylic oxidation sites excluding steroid dienone is 1. The first kappa shape index (κ1) is 13.8. The van der Waals surface area contributed by atoms with Crippen molar-refractivity contribution < 1.29 is 9.84 Å². The van der Waals surface area contributed by atoms with Gasteiger partial charge in [-0.15, -0.1) is 0 Å². The maximum atomic E-state index is 9.74. The third-order valence-corrected chi connectivity index (χ3v) is 4.96. The minimum atomic E-state index is 0.296. The molecule has 0 radical (unpaired) electrons. The van der Waals surface area contributed by atoms with Crippen LogP contribution in [0.3, 0.4) is 0 Å². The predicted molar refractivity (Wildman–Crippen MR) is 80.1 cm³/mol. The summed E-state index contributed by atoms with van der Waals surface area (Å²) in [5.41, 5.74) is 1.21. The molecule has 0 aliphatic heterocycles. The van der Waals surface area contributed by atoms with Crippen LogP contribution in [-0.2, 0) is 11.3 Å². The summed E-state index contributed by atoms with van der Waals surface area (Å²) in [7, 11) is 0. The van der Waals surface area contributed by atoms with E-state index in [1.807, 2.05) is 18.2 Å². The molecule has 3 rings (SSSR count). The maximum absolute atomic E-state index is 9.74. The largest absolute Gasteiger partial charge is 0.396 e. The molecule has 2 heteroatoms. The van der Waals surface area contributed by atoms with Gasteiger partial charge < -0.3 is 9.84 Å². The summed E-state index contributed by atoms with van der Waals surface area (Å²) in [4.78, 5) is 0. The van der Waals surface area contributed by atoms with Crippen LogP contribution in [0.25, 0.3) is 0 Å². The Balaban J connectivity index is 1.55. The number of aliphatic hydroxyl groups excluding tert-OH is 1. The van der Waals surface area contributed by atoms with Gasteiger partial charge in [0.2, 0.25) is 0 Å². The molecule has 108 valence electrons. The zero-order chi connectivity index (χ0) is 13.8. The molecule has 1 aromatic rings. The van der Waals surface area contributed by atoms with Crippen molar-refractivity contribution in [2.24, 2.45) is 23.7 Å². The Morgan fingerprint density at radius 1 is 1.10 bits per heavy atom. The second kappa shape index (κ2) is 6.55. The Kier molecular flexibility index (Phi) is 4.54. The van der Waals surface area contributed by atoms with Crippen LogP contribution in [0.4, 0.5) is 0 Å². The van der Waals surface area contributed by atoms with Gasteiger partial charge in [-0.1, -0.05) is 48.9 Å². The minimum Gasteiger partial charge on any atom is -0.396 e. The molecule has 0 saturated heterocycles. The van der Waals surface area contributed by atoms with Crippen molar-refractivity contribution >= 4 is 0 Å². The Bertz CT molecular complexity index is 440. The number of rotatable bonds is 5. The van der Waals surface area contributed by atoms with Crippen LogP contribution in [0, 0.1) is 23.7 Å². The van der Waals surface area contributed by atoms with E-state index in [1.165, 1.54) is 24.8 Å². The lowest BCUT2D eigenvalue weighted by atomic mass is 9.72. The van der Waals surface area contributed by atoms with Gasteiger partial charge in [0, 0.05) is 12.5 Å². The Morgan fingerprint density at radius 2 is 1.95 bits per heavy atom. The molecule has 0 heterocycles. The minimum absolute atomic E-state index is 0.296. The summed E-state index contributed by atoms with van der Waals surface area (Å²) < 4.78 is 5.88. The van der Waals surface area contributed by atoms with Crippen molar-refractivity contribution in [3.8, 4) is 0 Å². The highest BCUT2D eigenvalue weighted by Gasteiger charge is 2.38. The van der Waals surface area contributed by atoms with E-state index in [2.05, 4.69) is 24.3 Å². The fourth-order valence-electron chi connectivity index (χ4n) is 3.87. The Labute approximate surface area is 121 Å². The maximum Gasteiger partial charge on any atom is 0.0717 e. The zero-order valence-corrected chi connectivity index (χ0v) is 11.9. The van der Waals surface area contributed by atoms with Crippen molar-refractivity contribution in [3.63, 3.8) is 0 Å². The van der Waals surface area contributed by atoms with E-state index in [0.29, 0.717) is 36.9 Å². The highest BCUT2D eigenvalue weighted by molar-refractivity contribution is 5.13. The third-order valence-electron chi connectivity index (χ3n) is 4.96. The number of ether oxygens (including phenoxy) is 1. The smallest absolute Gasteiger partial charge is 0.0717 e. The number of hydrogen-bond donors (Lipinski definition) is 1. The number of hydrogen-bond acceptors (Lipinski definition) is 2. The zero-order valence-electron chi connectivity index (χ0n) is 11.9. The lowest BCUT2D eigenvalue weighted by molar-refractivity contribution is 0.0382. The number of aliphatic hydroxyl groups is 1. The van der Waals surface area contributed by atoms with Crippen molar-refractivity contribution in [1.82, 2.24) is 0 Å². The summed E-state index contributed by atoms with van der Waals surface area (Å²) in [5.74, 6) is 2.15. The van der Waals surface area contributed by atoms with Gasteiger partial charge in [0.25, 0.3) is 0 Å². The fraction of sp³-hybridized carbons (Fsp3) is 0.556. The molecule has 1 saturated carbocycles. The van der Waals surface area contributed by atoms with Crippen LogP contribution < -0.4 is 0 Å². The van der Waals surface area contributed by atoms with Crippen LogP contribution >= 0.6 is 0 Å². The van der Waals surface area contributed by atoms with Crippen LogP contribution in [0.15, 0.2) is 42.5 Å². The first-order valence-electron chi connectivity index (χ1n) is 7.79. The van der Waals surface area contributed by atoms with Gasteiger partial charge in [-0.3, -0.25) is 0 Å². The van der Waals surface area contributed by atoms with E-state index >= 15 is 0 Å². The fourth-order valence-corrected chi connectivity index (χ4v) is 3.87. The van der Waals surface area contributed by atoms with Gasteiger partial charge in [-0.05, 0) is 36.2 Å². The quantitative estimate of drug-likeness (QED) is 0.832. The summed E-state index contributed by atoms with van der Waals surface area (Å²) in [6.45, 7) is 1.68. The van der Waals surface area contributed by atoms with Crippen LogP contribution in [0.2, 0.25) is 0 Å². The predicted octanol–water partition coefficient (Wildman–Crippen LogP) is 3.41. The Hall–Kier alpha value is -1.12. The van der Waals surface area contributed by atoms with Gasteiger partial charge in [0.1, 0.15) is 0 Å². The number of fused-ring (bicyclic) bond motifs is 1. The molecule has 2 aliphatic carbocycles. The molecule has 1 N–H and O–H groups in total. The normalized spacial score (nSPS) is 32.2. The summed E-state index contributed by atoms with van der Waals surface area (Å²) in [6.07, 6.45) is 8.55. The summed E-state index contributed by atoms with van der Waals surface area (Å²) in [5, 5.41) is 9.74. The van der Waals surface area contributed by atoms with Crippen molar-refractivity contribution in [1.29, 1.82) is 0 Å². The highest BCUT2D eigenvalue weighted by atomic mass is 16.5. The molecule has 1 aromatic carbocycles. The lowest BCUT2D eigenvalue weighted by Crippen LogP contribution is -2.33. The van der Waals surface area contributed by atoms with Gasteiger partial charge in [-0.25, -0.2) is 0 Å². The average Bonchev–Trinajstić information content (AvgIpc) is 2.96. The molecule has 2 aliphatic rings. The molecule has 1 fully saturated rings. The van der Waals surface area contributed by atoms with Crippen LogP contribution in [0.1, 0.15) is 24.8 Å². The molecule has 4 atom stereocenters. The monoisotopic (exact) mass is 272 g/mol. The average molecular weight is 272 g/mol. The first-order chi connectivity index (χ1) is 9.88. The first-order valence-corrected chi connectivity index (χ1v) is 7.79. The molecular weight excluding hydrogens is 248 g/mol. The topological polar surface area (TPSA) is 29.5 Å². The molecular formula is C18H24O2. The van der Waals surface area contributed by atoms with E-state index in [9.17, 15) is 5.11 Å². The summed E-state index contributed by atoms with van der Waals surface area (Å²) >= 11 is 0. The number of benzene rings is 1. The Morgan fingerprint density at radius 3 is 2.75 bits per heavy atom. The van der Waals surface area contributed by atoms with Crippen LogP contribution in [0.5, 0.6) is 0 Å². The van der Waals surface area contributed by atoms with E-state index in [-0.39, 0.29) is 0 Å². The van der Waals surface area contributed by atoms with Gasteiger partial charge in [-0.2, -0.15) is 0 Å². The molecule has 0 spiro atoms. The molecule has 2 nitrogen and oxygen atoms in total. The van der Waals surface area contributed by atoms with Crippen molar-refractivity contribution in [2.75, 3.05) is 13.2 Å². The van der Waals surface area contributed by atoms with Crippen molar-refractivity contribution in [2.45, 2.75) is 25.9 Å². The highest BCUT2D eigenvalue weighted by Crippen LogP contribution is 2.44. The molecule has 0 amide bonds. The molecule has 0 bridgehead atoms. The van der Waals surface area contributed by atoms with Gasteiger partial charge >= 0.3 is 0 Å². The molecule has 0 aromatic heterocycles. The van der Waals surface area contributed by atoms with Crippen molar-refractivity contribution in [3.05, 3.63) is 48.0 Å². The van der Waals surface area contributed by atoms with E-state index < -0.39 is 0 Å². The van der Waals surface area contributed by atoms with Gasteiger partial charge in [0.15, 0.2) is 0 Å².